The van der Waals surface area contributed by atoms with Crippen LogP contribution in [0.4, 0.5) is 0 Å². The summed E-state index contributed by atoms with van der Waals surface area (Å²) in [4.78, 5) is 10.6. The van der Waals surface area contributed by atoms with Crippen molar-refractivity contribution >= 4 is 29.5 Å². The van der Waals surface area contributed by atoms with Gasteiger partial charge in [-0.15, -0.1) is 0 Å². The Kier molecular flexibility index (Phi) is 4.06. The van der Waals surface area contributed by atoms with Crippen molar-refractivity contribution in [2.45, 2.75) is 0 Å². The van der Waals surface area contributed by atoms with Gasteiger partial charge in [0.05, 0.1) is 10.6 Å². The maximum atomic E-state index is 10.6. The first-order valence-electron chi connectivity index (χ1n) is 5.26. The minimum absolute atomic E-state index is 0.260. The summed E-state index contributed by atoms with van der Waals surface area (Å²) < 4.78 is 5.56. The molecule has 0 fully saturated rings. The zero-order valence-electron chi connectivity index (χ0n) is 9.56. The van der Waals surface area contributed by atoms with Crippen LogP contribution in [-0.4, -0.2) is 6.29 Å². The van der Waals surface area contributed by atoms with E-state index in [0.717, 1.165) is 0 Å². The van der Waals surface area contributed by atoms with Crippen LogP contribution in [0.25, 0.3) is 0 Å². The zero-order chi connectivity index (χ0) is 13.8. The molecule has 0 atom stereocenters. The predicted octanol–water partition coefficient (Wildman–Crippen LogP) is 4.47. The van der Waals surface area contributed by atoms with Crippen LogP contribution < -0.4 is 4.74 Å². The molecule has 0 saturated carbocycles. The van der Waals surface area contributed by atoms with E-state index in [1.165, 1.54) is 6.07 Å². The van der Waals surface area contributed by atoms with Gasteiger partial charge in [-0.1, -0.05) is 23.2 Å². The van der Waals surface area contributed by atoms with E-state index in [-0.39, 0.29) is 5.56 Å². The second kappa shape index (κ2) is 5.75. The monoisotopic (exact) mass is 291 g/mol. The Balaban J connectivity index is 2.38. The fourth-order valence-corrected chi connectivity index (χ4v) is 1.92. The molecule has 0 amide bonds. The van der Waals surface area contributed by atoms with E-state index in [1.54, 1.807) is 30.3 Å². The average molecular weight is 292 g/mol. The zero-order valence-corrected chi connectivity index (χ0v) is 11.1. The molecule has 3 nitrogen and oxygen atoms in total. The highest BCUT2D eigenvalue weighted by molar-refractivity contribution is 6.35. The summed E-state index contributed by atoms with van der Waals surface area (Å²) in [5, 5.41) is 9.87. The van der Waals surface area contributed by atoms with Gasteiger partial charge in [-0.3, -0.25) is 4.79 Å². The van der Waals surface area contributed by atoms with Gasteiger partial charge < -0.3 is 4.74 Å². The van der Waals surface area contributed by atoms with E-state index in [4.69, 9.17) is 33.2 Å². The fourth-order valence-electron chi connectivity index (χ4n) is 1.47. The third-order valence-electron chi connectivity index (χ3n) is 2.37. The van der Waals surface area contributed by atoms with Crippen molar-refractivity contribution in [3.63, 3.8) is 0 Å². The molecule has 0 spiro atoms. The number of carbonyl (C=O) groups is 1. The van der Waals surface area contributed by atoms with E-state index < -0.39 is 0 Å². The molecule has 0 N–H and O–H groups in total. The third kappa shape index (κ3) is 3.05. The number of nitriles is 1. The molecule has 0 radical (unpaired) electrons. The smallest absolute Gasteiger partial charge is 0.150 e. The third-order valence-corrected chi connectivity index (χ3v) is 2.90. The summed E-state index contributed by atoms with van der Waals surface area (Å²) in [6, 6.07) is 11.3. The number of carbonyl (C=O) groups excluding carboxylic acids is 1. The Bertz CT molecular complexity index is 678. The van der Waals surface area contributed by atoms with E-state index in [9.17, 15) is 4.79 Å². The molecule has 2 rings (SSSR count). The molecule has 0 heterocycles. The Labute approximate surface area is 119 Å². The number of rotatable bonds is 3. The van der Waals surface area contributed by atoms with Gasteiger partial charge in [0, 0.05) is 10.6 Å². The first-order valence-corrected chi connectivity index (χ1v) is 6.02. The summed E-state index contributed by atoms with van der Waals surface area (Å²) >= 11 is 11.8. The quantitative estimate of drug-likeness (QED) is 0.784. The molecular weight excluding hydrogens is 285 g/mol. The molecular formula is C14H7Cl2NO2. The molecule has 2 aromatic rings. The summed E-state index contributed by atoms with van der Waals surface area (Å²) in [6.45, 7) is 0. The number of nitrogens with zero attached hydrogens (tertiary/aromatic N) is 1. The van der Waals surface area contributed by atoms with Crippen molar-refractivity contribution in [1.29, 1.82) is 5.26 Å². The first-order chi connectivity index (χ1) is 9.13. The number of halogens is 2. The summed E-state index contributed by atoms with van der Waals surface area (Å²) in [5.74, 6) is 0.721. The van der Waals surface area contributed by atoms with Crippen molar-refractivity contribution in [3.8, 4) is 17.6 Å². The average Bonchev–Trinajstić information content (AvgIpc) is 2.42. The lowest BCUT2D eigenvalue weighted by Crippen LogP contribution is -1.91. The number of aldehydes is 1. The van der Waals surface area contributed by atoms with Crippen LogP contribution in [-0.2, 0) is 0 Å². The number of benzene rings is 2. The topological polar surface area (TPSA) is 50.1 Å². The van der Waals surface area contributed by atoms with Crippen LogP contribution in [0.2, 0.25) is 10.0 Å². The van der Waals surface area contributed by atoms with Gasteiger partial charge in [-0.2, -0.15) is 5.26 Å². The summed E-state index contributed by atoms with van der Waals surface area (Å²) in [6.07, 6.45) is 0.667. The van der Waals surface area contributed by atoms with Gasteiger partial charge in [0.15, 0.2) is 0 Å². The van der Waals surface area contributed by atoms with Crippen LogP contribution in [0, 0.1) is 11.3 Å². The number of ether oxygens (including phenoxy) is 1. The van der Waals surface area contributed by atoms with Crippen LogP contribution >= 0.6 is 23.2 Å². The SMILES string of the molecule is N#Cc1cc(C=O)ccc1Oc1ccc(Cl)cc1Cl. The number of hydrogen-bond acceptors (Lipinski definition) is 3. The highest BCUT2D eigenvalue weighted by Gasteiger charge is 2.09. The molecule has 2 aromatic carbocycles. The van der Waals surface area contributed by atoms with Crippen LogP contribution in [0.15, 0.2) is 36.4 Å². The molecule has 0 saturated heterocycles. The molecule has 0 aliphatic carbocycles. The lowest BCUT2D eigenvalue weighted by molar-refractivity contribution is 0.112. The number of hydrogen-bond donors (Lipinski definition) is 0. The van der Waals surface area contributed by atoms with Crippen molar-refractivity contribution in [2.24, 2.45) is 0 Å². The summed E-state index contributed by atoms with van der Waals surface area (Å²) in [7, 11) is 0. The van der Waals surface area contributed by atoms with Gasteiger partial charge in [-0.25, -0.2) is 0 Å². The Morgan fingerprint density at radius 1 is 1.11 bits per heavy atom. The first kappa shape index (κ1) is 13.4. The van der Waals surface area contributed by atoms with Crippen LogP contribution in [0.5, 0.6) is 11.5 Å². The molecule has 94 valence electrons. The van der Waals surface area contributed by atoms with Gasteiger partial charge in [0.2, 0.25) is 0 Å². The Morgan fingerprint density at radius 3 is 2.47 bits per heavy atom. The summed E-state index contributed by atoms with van der Waals surface area (Å²) in [5.41, 5.74) is 0.668. The molecule has 0 bridgehead atoms. The molecule has 0 aromatic heterocycles. The molecule has 0 unspecified atom stereocenters. The van der Waals surface area contributed by atoms with Crippen LogP contribution in [0.1, 0.15) is 15.9 Å². The molecule has 5 heteroatoms. The highest BCUT2D eigenvalue weighted by Crippen LogP contribution is 2.33. The van der Waals surface area contributed by atoms with E-state index in [2.05, 4.69) is 0 Å². The lowest BCUT2D eigenvalue weighted by atomic mass is 10.1. The van der Waals surface area contributed by atoms with Gasteiger partial charge in [0.25, 0.3) is 0 Å². The lowest BCUT2D eigenvalue weighted by Gasteiger charge is -2.09. The van der Waals surface area contributed by atoms with E-state index >= 15 is 0 Å². The maximum absolute atomic E-state index is 10.6. The van der Waals surface area contributed by atoms with Gasteiger partial charge in [-0.05, 0) is 36.4 Å². The second-order valence-electron chi connectivity index (χ2n) is 3.66. The molecule has 0 aliphatic rings. The van der Waals surface area contributed by atoms with E-state index in [1.807, 2.05) is 6.07 Å². The Hall–Kier alpha value is -2.02. The highest BCUT2D eigenvalue weighted by atomic mass is 35.5. The van der Waals surface area contributed by atoms with Gasteiger partial charge >= 0.3 is 0 Å². The predicted molar refractivity (Wildman–Crippen MR) is 73.1 cm³/mol. The Morgan fingerprint density at radius 2 is 1.84 bits per heavy atom. The van der Waals surface area contributed by atoms with Crippen molar-refractivity contribution in [3.05, 3.63) is 57.6 Å². The normalized spacial score (nSPS) is 9.74. The van der Waals surface area contributed by atoms with E-state index in [0.29, 0.717) is 33.4 Å². The van der Waals surface area contributed by atoms with Gasteiger partial charge in [0.1, 0.15) is 23.9 Å². The molecule has 19 heavy (non-hydrogen) atoms. The fraction of sp³-hybridized carbons (Fsp3) is 0. The van der Waals surface area contributed by atoms with Crippen molar-refractivity contribution in [1.82, 2.24) is 0 Å². The largest absolute Gasteiger partial charge is 0.454 e. The minimum atomic E-state index is 0.260. The van der Waals surface area contributed by atoms with Crippen molar-refractivity contribution < 1.29 is 9.53 Å². The van der Waals surface area contributed by atoms with Crippen LogP contribution in [0.3, 0.4) is 0 Å². The second-order valence-corrected chi connectivity index (χ2v) is 4.51. The van der Waals surface area contributed by atoms with Crippen molar-refractivity contribution in [2.75, 3.05) is 0 Å². The maximum Gasteiger partial charge on any atom is 0.150 e. The standard InChI is InChI=1S/C14H7Cl2NO2/c15-11-2-4-14(12(16)6-11)19-13-3-1-9(8-18)5-10(13)7-17/h1-6,8H. The minimum Gasteiger partial charge on any atom is -0.454 e. The molecule has 0 aliphatic heterocycles.